The number of anilines is 1. The molecule has 0 amide bonds. The van der Waals surface area contributed by atoms with Crippen molar-refractivity contribution in [2.45, 2.75) is 6.54 Å². The molecule has 2 heterocycles. The largest absolute Gasteiger partial charge is 0.493 e. The van der Waals surface area contributed by atoms with E-state index in [0.717, 1.165) is 21.6 Å². The zero-order chi connectivity index (χ0) is 16.2. The zero-order valence-corrected chi connectivity index (χ0v) is 13.9. The first-order valence-corrected chi connectivity index (χ1v) is 7.85. The second kappa shape index (κ2) is 6.70. The van der Waals surface area contributed by atoms with Gasteiger partial charge in [-0.2, -0.15) is 0 Å². The van der Waals surface area contributed by atoms with Gasteiger partial charge in [0, 0.05) is 6.54 Å². The van der Waals surface area contributed by atoms with Gasteiger partial charge in [0.15, 0.2) is 11.5 Å². The topological polar surface area (TPSA) is 65.5 Å². The molecule has 23 heavy (non-hydrogen) atoms. The van der Waals surface area contributed by atoms with Gasteiger partial charge in [0.05, 0.1) is 31.5 Å². The highest BCUT2D eigenvalue weighted by molar-refractivity contribution is 7.17. The van der Waals surface area contributed by atoms with Crippen molar-refractivity contribution in [1.82, 2.24) is 9.97 Å². The molecule has 1 N–H and O–H groups in total. The summed E-state index contributed by atoms with van der Waals surface area (Å²) in [5.74, 6) is 2.67. The summed E-state index contributed by atoms with van der Waals surface area (Å²) in [6.45, 7) is 0.584. The minimum absolute atomic E-state index is 0.584. The molecule has 0 fully saturated rings. The molecule has 3 aromatic rings. The Labute approximate surface area is 138 Å². The van der Waals surface area contributed by atoms with Gasteiger partial charge >= 0.3 is 0 Å². The van der Waals surface area contributed by atoms with Crippen molar-refractivity contribution in [3.05, 3.63) is 35.5 Å². The van der Waals surface area contributed by atoms with Gasteiger partial charge in [-0.3, -0.25) is 0 Å². The molecule has 0 aliphatic rings. The molecule has 1 aromatic carbocycles. The molecule has 0 bridgehead atoms. The van der Waals surface area contributed by atoms with Gasteiger partial charge < -0.3 is 19.5 Å². The average Bonchev–Trinajstić information content (AvgIpc) is 3.08. The van der Waals surface area contributed by atoms with Crippen LogP contribution in [-0.2, 0) is 6.54 Å². The molecule has 7 heteroatoms. The fourth-order valence-corrected chi connectivity index (χ4v) is 3.15. The highest BCUT2D eigenvalue weighted by Crippen LogP contribution is 2.38. The number of aromatic nitrogens is 2. The molecule has 3 rings (SSSR count). The van der Waals surface area contributed by atoms with Crippen LogP contribution >= 0.6 is 11.3 Å². The summed E-state index contributed by atoms with van der Waals surface area (Å²) in [6.07, 6.45) is 1.56. The highest BCUT2D eigenvalue weighted by atomic mass is 32.1. The lowest BCUT2D eigenvalue weighted by Gasteiger charge is -2.14. The molecule has 0 unspecified atom stereocenters. The van der Waals surface area contributed by atoms with Crippen LogP contribution in [0.3, 0.4) is 0 Å². The quantitative estimate of drug-likeness (QED) is 0.747. The van der Waals surface area contributed by atoms with Crippen LogP contribution in [0.4, 0.5) is 5.82 Å². The Hall–Kier alpha value is -2.54. The van der Waals surface area contributed by atoms with E-state index in [2.05, 4.69) is 15.3 Å². The Morgan fingerprint density at radius 1 is 1.04 bits per heavy atom. The lowest BCUT2D eigenvalue weighted by atomic mass is 10.1. The van der Waals surface area contributed by atoms with E-state index >= 15 is 0 Å². The number of benzene rings is 1. The van der Waals surface area contributed by atoms with E-state index < -0.39 is 0 Å². The smallest absolute Gasteiger partial charge is 0.203 e. The first-order chi connectivity index (χ1) is 11.3. The lowest BCUT2D eigenvalue weighted by molar-refractivity contribution is 0.324. The third-order valence-corrected chi connectivity index (χ3v) is 4.34. The van der Waals surface area contributed by atoms with Crippen molar-refractivity contribution in [2.75, 3.05) is 26.6 Å². The second-order valence-electron chi connectivity index (χ2n) is 4.74. The van der Waals surface area contributed by atoms with Crippen LogP contribution in [0, 0.1) is 0 Å². The molecule has 120 valence electrons. The summed E-state index contributed by atoms with van der Waals surface area (Å²) in [5, 5.41) is 5.34. The van der Waals surface area contributed by atoms with Gasteiger partial charge in [-0.15, -0.1) is 11.3 Å². The number of hydrogen-bond donors (Lipinski definition) is 1. The van der Waals surface area contributed by atoms with E-state index in [0.29, 0.717) is 23.8 Å². The fourth-order valence-electron chi connectivity index (χ4n) is 2.34. The van der Waals surface area contributed by atoms with Crippen LogP contribution in [0.25, 0.3) is 10.2 Å². The number of rotatable bonds is 6. The molecule has 0 spiro atoms. The maximum Gasteiger partial charge on any atom is 0.203 e. The van der Waals surface area contributed by atoms with Crippen molar-refractivity contribution < 1.29 is 14.2 Å². The molecular formula is C16H17N3O3S. The molecule has 6 nitrogen and oxygen atoms in total. The molecule has 0 aliphatic heterocycles. The van der Waals surface area contributed by atoms with Crippen LogP contribution in [0.1, 0.15) is 5.56 Å². The molecule has 0 saturated heterocycles. The molecule has 0 atom stereocenters. The fraction of sp³-hybridized carbons (Fsp3) is 0.250. The number of hydrogen-bond acceptors (Lipinski definition) is 7. The summed E-state index contributed by atoms with van der Waals surface area (Å²) >= 11 is 1.61. The Bertz CT molecular complexity index is 794. The average molecular weight is 331 g/mol. The zero-order valence-electron chi connectivity index (χ0n) is 13.1. The van der Waals surface area contributed by atoms with Gasteiger partial charge in [-0.05, 0) is 29.1 Å². The number of fused-ring (bicyclic) bond motifs is 1. The summed E-state index contributed by atoms with van der Waals surface area (Å²) in [4.78, 5) is 8.55. The number of thiophene rings is 1. The summed E-state index contributed by atoms with van der Waals surface area (Å²) in [6, 6.07) is 5.81. The molecular weight excluding hydrogens is 314 g/mol. The Morgan fingerprint density at radius 3 is 2.43 bits per heavy atom. The van der Waals surface area contributed by atoms with Crippen molar-refractivity contribution in [3.63, 3.8) is 0 Å². The van der Waals surface area contributed by atoms with Crippen molar-refractivity contribution in [2.24, 2.45) is 0 Å². The maximum absolute atomic E-state index is 5.37. The summed E-state index contributed by atoms with van der Waals surface area (Å²) in [5.41, 5.74) is 1.94. The van der Waals surface area contributed by atoms with Crippen LogP contribution in [0.15, 0.2) is 29.9 Å². The minimum Gasteiger partial charge on any atom is -0.493 e. The van der Waals surface area contributed by atoms with E-state index in [4.69, 9.17) is 14.2 Å². The highest BCUT2D eigenvalue weighted by Gasteiger charge is 2.13. The summed E-state index contributed by atoms with van der Waals surface area (Å²) < 4.78 is 17.1. The van der Waals surface area contributed by atoms with Crippen LogP contribution in [0.2, 0.25) is 0 Å². The predicted octanol–water partition coefficient (Wildman–Crippen LogP) is 3.33. The monoisotopic (exact) mass is 331 g/mol. The van der Waals surface area contributed by atoms with Crippen LogP contribution in [-0.4, -0.2) is 31.3 Å². The van der Waals surface area contributed by atoms with E-state index in [1.807, 2.05) is 23.6 Å². The molecule has 2 aromatic heterocycles. The van der Waals surface area contributed by atoms with E-state index in [9.17, 15) is 0 Å². The standard InChI is InChI=1S/C16H17N3O3S/c1-20-12-6-10(7-13(21-2)14(12)22-3)8-17-16-15-11(4-5-23-15)18-9-19-16/h4-7,9H,8H2,1-3H3,(H,17,18,19). The number of nitrogens with zero attached hydrogens (tertiary/aromatic N) is 2. The third kappa shape index (κ3) is 3.00. The Balaban J connectivity index is 1.87. The van der Waals surface area contributed by atoms with E-state index in [1.54, 1.807) is 39.0 Å². The molecule has 0 radical (unpaired) electrons. The summed E-state index contributed by atoms with van der Waals surface area (Å²) in [7, 11) is 4.80. The van der Waals surface area contributed by atoms with Crippen molar-refractivity contribution >= 4 is 27.4 Å². The van der Waals surface area contributed by atoms with Crippen molar-refractivity contribution in [3.8, 4) is 17.2 Å². The maximum atomic E-state index is 5.37. The first kappa shape index (κ1) is 15.4. The normalized spacial score (nSPS) is 10.6. The SMILES string of the molecule is COc1cc(CNc2ncnc3ccsc23)cc(OC)c1OC. The number of ether oxygens (including phenoxy) is 3. The van der Waals surface area contributed by atoms with Gasteiger partial charge in [0.2, 0.25) is 5.75 Å². The van der Waals surface area contributed by atoms with Gasteiger partial charge in [-0.25, -0.2) is 9.97 Å². The van der Waals surface area contributed by atoms with E-state index in [-0.39, 0.29) is 0 Å². The number of methoxy groups -OCH3 is 3. The molecule has 0 aliphatic carbocycles. The third-order valence-electron chi connectivity index (χ3n) is 3.43. The van der Waals surface area contributed by atoms with E-state index in [1.165, 1.54) is 0 Å². The number of nitrogens with one attached hydrogen (secondary N) is 1. The predicted molar refractivity (Wildman–Crippen MR) is 90.8 cm³/mol. The molecule has 0 saturated carbocycles. The van der Waals surface area contributed by atoms with Crippen LogP contribution in [0.5, 0.6) is 17.2 Å². The van der Waals surface area contributed by atoms with Gasteiger partial charge in [-0.1, -0.05) is 0 Å². The van der Waals surface area contributed by atoms with Gasteiger partial charge in [0.1, 0.15) is 12.1 Å². The lowest BCUT2D eigenvalue weighted by Crippen LogP contribution is -2.03. The van der Waals surface area contributed by atoms with Crippen LogP contribution < -0.4 is 19.5 Å². The second-order valence-corrected chi connectivity index (χ2v) is 5.66. The first-order valence-electron chi connectivity index (χ1n) is 6.97. The Kier molecular flexibility index (Phi) is 4.47. The minimum atomic E-state index is 0.584. The Morgan fingerprint density at radius 2 is 1.78 bits per heavy atom. The van der Waals surface area contributed by atoms with Gasteiger partial charge in [0.25, 0.3) is 0 Å². The van der Waals surface area contributed by atoms with Crippen molar-refractivity contribution in [1.29, 1.82) is 0 Å².